The van der Waals surface area contributed by atoms with Gasteiger partial charge in [0.25, 0.3) is 0 Å². The van der Waals surface area contributed by atoms with Crippen LogP contribution < -0.4 is 15.2 Å². The van der Waals surface area contributed by atoms with Crippen molar-refractivity contribution in [2.75, 3.05) is 13.2 Å². The molecule has 1 rings (SSSR count). The second kappa shape index (κ2) is 18.9. The number of hydrogen-bond acceptors (Lipinski definition) is 11. The minimum Gasteiger partial charge on any atom is -0.459 e. The molecule has 3 atom stereocenters. The number of carbonyl (C=O) groups is 4. The molecule has 0 saturated carbocycles. The van der Waals surface area contributed by atoms with Crippen LogP contribution in [0.5, 0.6) is 11.5 Å². The van der Waals surface area contributed by atoms with Crippen LogP contribution in [-0.2, 0) is 35.0 Å². The Balaban J connectivity index is 2.85. The second-order valence-electron chi connectivity index (χ2n) is 9.97. The SMILES string of the molecule is CCCCOC(=O)Oc1ccc(C[C@H](N)C(=O)O[C@@H](C)[C@H](C)OC(=O)CCC(C)C)cc1OC(=O)OCCCC. The van der Waals surface area contributed by atoms with Crippen LogP contribution in [0.2, 0.25) is 0 Å². The lowest BCUT2D eigenvalue weighted by atomic mass is 10.1. The molecule has 1 aromatic carbocycles. The van der Waals surface area contributed by atoms with E-state index in [9.17, 15) is 19.2 Å². The van der Waals surface area contributed by atoms with Crippen LogP contribution in [0.3, 0.4) is 0 Å². The van der Waals surface area contributed by atoms with Gasteiger partial charge in [-0.3, -0.25) is 9.59 Å². The van der Waals surface area contributed by atoms with Gasteiger partial charge in [0.15, 0.2) is 11.5 Å². The van der Waals surface area contributed by atoms with E-state index in [2.05, 4.69) is 0 Å². The number of hydrogen-bond donors (Lipinski definition) is 1. The Bertz CT molecular complexity index is 949. The summed E-state index contributed by atoms with van der Waals surface area (Å²) in [6.45, 7) is 11.6. The molecule has 0 heterocycles. The molecule has 11 heteroatoms. The molecule has 0 unspecified atom stereocenters. The molecule has 0 saturated heterocycles. The van der Waals surface area contributed by atoms with Crippen molar-refractivity contribution >= 4 is 24.2 Å². The van der Waals surface area contributed by atoms with Gasteiger partial charge in [0.1, 0.15) is 18.2 Å². The first kappa shape index (κ1) is 34.7. The lowest BCUT2D eigenvalue weighted by molar-refractivity contribution is -0.166. The fraction of sp³-hybridized carbons (Fsp3) is 0.655. The van der Waals surface area contributed by atoms with Crippen molar-refractivity contribution in [1.29, 1.82) is 0 Å². The van der Waals surface area contributed by atoms with Gasteiger partial charge in [-0.25, -0.2) is 9.59 Å². The summed E-state index contributed by atoms with van der Waals surface area (Å²) in [5.41, 5.74) is 6.59. The highest BCUT2D eigenvalue weighted by atomic mass is 16.7. The number of benzene rings is 1. The Morgan fingerprint density at radius 2 is 1.35 bits per heavy atom. The van der Waals surface area contributed by atoms with Crippen LogP contribution in [0.4, 0.5) is 9.59 Å². The minimum atomic E-state index is -1.07. The van der Waals surface area contributed by atoms with E-state index >= 15 is 0 Å². The normalized spacial score (nSPS) is 13.1. The molecular weight excluding hydrogens is 522 g/mol. The second-order valence-corrected chi connectivity index (χ2v) is 9.97. The predicted molar refractivity (Wildman–Crippen MR) is 147 cm³/mol. The van der Waals surface area contributed by atoms with Gasteiger partial charge < -0.3 is 34.2 Å². The van der Waals surface area contributed by atoms with Crippen molar-refractivity contribution in [3.8, 4) is 11.5 Å². The average molecular weight is 568 g/mol. The molecule has 0 spiro atoms. The van der Waals surface area contributed by atoms with Gasteiger partial charge in [-0.2, -0.15) is 0 Å². The first-order valence-electron chi connectivity index (χ1n) is 13.9. The molecule has 40 heavy (non-hydrogen) atoms. The van der Waals surface area contributed by atoms with Crippen LogP contribution >= 0.6 is 0 Å². The molecule has 0 aromatic heterocycles. The first-order chi connectivity index (χ1) is 19.0. The van der Waals surface area contributed by atoms with Crippen LogP contribution in [0.15, 0.2) is 18.2 Å². The molecule has 0 fully saturated rings. The largest absolute Gasteiger partial charge is 0.513 e. The Hall–Kier alpha value is -3.34. The Morgan fingerprint density at radius 1 is 0.800 bits per heavy atom. The molecule has 0 aliphatic rings. The van der Waals surface area contributed by atoms with Gasteiger partial charge in [-0.05, 0) is 63.1 Å². The lowest BCUT2D eigenvalue weighted by Gasteiger charge is -2.22. The zero-order valence-corrected chi connectivity index (χ0v) is 24.6. The molecule has 0 bridgehead atoms. The summed E-state index contributed by atoms with van der Waals surface area (Å²) in [6, 6.07) is 3.33. The first-order valence-corrected chi connectivity index (χ1v) is 13.9. The molecule has 0 amide bonds. The highest BCUT2D eigenvalue weighted by Gasteiger charge is 2.25. The standard InChI is InChI=1S/C29H45NO10/c1-7-9-15-35-28(33)39-24-13-12-22(18-25(24)40-29(34)36-16-10-8-2)17-23(30)27(32)38-21(6)20(5)37-26(31)14-11-19(3)4/h12-13,18-21,23H,7-11,14-17,30H2,1-6H3/t20-,21-,23-/m0/s1. The van der Waals surface area contributed by atoms with Crippen LogP contribution in [0.1, 0.15) is 85.6 Å². The van der Waals surface area contributed by atoms with E-state index < -0.39 is 36.5 Å². The summed E-state index contributed by atoms with van der Waals surface area (Å²) in [7, 11) is 0. The molecular formula is C29H45NO10. The fourth-order valence-electron chi connectivity index (χ4n) is 3.15. The summed E-state index contributed by atoms with van der Waals surface area (Å²) in [6.07, 6.45) is 0.734. The van der Waals surface area contributed by atoms with E-state index in [-0.39, 0.29) is 43.5 Å². The van der Waals surface area contributed by atoms with Crippen molar-refractivity contribution in [3.05, 3.63) is 23.8 Å². The molecule has 0 aliphatic carbocycles. The summed E-state index contributed by atoms with van der Waals surface area (Å²) >= 11 is 0. The van der Waals surface area contributed by atoms with Crippen molar-refractivity contribution in [2.24, 2.45) is 11.7 Å². The van der Waals surface area contributed by atoms with E-state index in [0.29, 0.717) is 30.7 Å². The molecule has 2 N–H and O–H groups in total. The van der Waals surface area contributed by atoms with Crippen molar-refractivity contribution in [2.45, 2.75) is 105 Å². The van der Waals surface area contributed by atoms with Gasteiger partial charge in [0.2, 0.25) is 0 Å². The number of esters is 2. The number of carbonyl (C=O) groups excluding carboxylic acids is 4. The Kier molecular flexibility index (Phi) is 16.4. The van der Waals surface area contributed by atoms with Gasteiger partial charge in [-0.15, -0.1) is 0 Å². The zero-order valence-electron chi connectivity index (χ0n) is 24.6. The van der Waals surface area contributed by atoms with Gasteiger partial charge in [0, 0.05) is 6.42 Å². The summed E-state index contributed by atoms with van der Waals surface area (Å²) in [5, 5.41) is 0. The molecule has 1 aromatic rings. The van der Waals surface area contributed by atoms with Gasteiger partial charge in [-0.1, -0.05) is 46.6 Å². The van der Waals surface area contributed by atoms with E-state index in [4.69, 9.17) is 34.2 Å². The minimum absolute atomic E-state index is 0.0244. The van der Waals surface area contributed by atoms with E-state index in [1.54, 1.807) is 19.9 Å². The van der Waals surface area contributed by atoms with Crippen molar-refractivity contribution < 1.29 is 47.6 Å². The third kappa shape index (κ3) is 14.2. The Labute approximate surface area is 236 Å². The molecule has 226 valence electrons. The monoisotopic (exact) mass is 567 g/mol. The number of nitrogens with two attached hydrogens (primary N) is 1. The lowest BCUT2D eigenvalue weighted by Crippen LogP contribution is -2.39. The van der Waals surface area contributed by atoms with E-state index in [0.717, 1.165) is 12.8 Å². The smallest absolute Gasteiger partial charge is 0.459 e. The predicted octanol–water partition coefficient (Wildman–Crippen LogP) is 5.49. The number of rotatable bonds is 17. The summed E-state index contributed by atoms with van der Waals surface area (Å²) < 4.78 is 31.3. The molecule has 0 aliphatic heterocycles. The van der Waals surface area contributed by atoms with Crippen LogP contribution in [-0.4, -0.2) is 55.7 Å². The Morgan fingerprint density at radius 3 is 1.90 bits per heavy atom. The van der Waals surface area contributed by atoms with Crippen LogP contribution in [0.25, 0.3) is 0 Å². The summed E-state index contributed by atoms with van der Waals surface area (Å²) in [4.78, 5) is 48.8. The molecule has 0 radical (unpaired) electrons. The zero-order chi connectivity index (χ0) is 30.1. The maximum Gasteiger partial charge on any atom is 0.513 e. The summed E-state index contributed by atoms with van der Waals surface area (Å²) in [5.74, 6) is -0.837. The average Bonchev–Trinajstić information content (AvgIpc) is 2.89. The van der Waals surface area contributed by atoms with Crippen LogP contribution in [0, 0.1) is 5.92 Å². The maximum absolute atomic E-state index is 12.6. The van der Waals surface area contributed by atoms with Crippen molar-refractivity contribution in [3.63, 3.8) is 0 Å². The van der Waals surface area contributed by atoms with Gasteiger partial charge in [0.05, 0.1) is 13.2 Å². The third-order valence-corrected chi connectivity index (χ3v) is 5.79. The fourth-order valence-corrected chi connectivity index (χ4v) is 3.15. The molecule has 11 nitrogen and oxygen atoms in total. The highest BCUT2D eigenvalue weighted by Crippen LogP contribution is 2.30. The quantitative estimate of drug-likeness (QED) is 0.110. The topological polar surface area (TPSA) is 150 Å². The van der Waals surface area contributed by atoms with E-state index in [1.807, 2.05) is 27.7 Å². The van der Waals surface area contributed by atoms with Gasteiger partial charge >= 0.3 is 24.2 Å². The van der Waals surface area contributed by atoms with E-state index in [1.165, 1.54) is 12.1 Å². The maximum atomic E-state index is 12.6. The number of ether oxygens (including phenoxy) is 6. The number of unbranched alkanes of at least 4 members (excludes halogenated alkanes) is 2. The third-order valence-electron chi connectivity index (χ3n) is 5.79. The highest BCUT2D eigenvalue weighted by molar-refractivity contribution is 5.76. The van der Waals surface area contributed by atoms with Crippen molar-refractivity contribution in [1.82, 2.24) is 0 Å².